The van der Waals surface area contributed by atoms with Crippen molar-refractivity contribution in [1.29, 1.82) is 0 Å². The minimum atomic E-state index is -0.392. The maximum absolute atomic E-state index is 12.8. The molecule has 2 aliphatic carbocycles. The third-order valence-electron chi connectivity index (χ3n) is 7.85. The summed E-state index contributed by atoms with van der Waals surface area (Å²) in [5.41, 5.74) is 4.28. The van der Waals surface area contributed by atoms with Gasteiger partial charge in [0.05, 0.1) is 35.5 Å². The molecule has 2 atom stereocenters. The second-order valence-corrected chi connectivity index (χ2v) is 9.55. The van der Waals surface area contributed by atoms with Crippen molar-refractivity contribution in [3.05, 3.63) is 70.5 Å². The average molecular weight is 572 g/mol. The summed E-state index contributed by atoms with van der Waals surface area (Å²) in [7, 11) is 8.18. The number of hydrogen-bond donors (Lipinski definition) is 0. The minimum absolute atomic E-state index is 0. The number of rotatable bonds is 8. The zero-order valence-corrected chi connectivity index (χ0v) is 23.7. The third-order valence-corrected chi connectivity index (χ3v) is 7.85. The predicted octanol–water partition coefficient (Wildman–Crippen LogP) is 4.45. The summed E-state index contributed by atoms with van der Waals surface area (Å²) in [5.74, 6) is 3.20. The molecule has 2 aromatic rings. The van der Waals surface area contributed by atoms with E-state index in [4.69, 9.17) is 23.7 Å². The molecule has 1 saturated heterocycles. The maximum atomic E-state index is 12.8. The number of hydrogen-bond acceptors (Lipinski definition) is 7. The van der Waals surface area contributed by atoms with Gasteiger partial charge in [-0.2, -0.15) is 0 Å². The van der Waals surface area contributed by atoms with Crippen LogP contribution in [0.4, 0.5) is 0 Å². The quantitative estimate of drug-likeness (QED) is 0.463. The maximum Gasteiger partial charge on any atom is 0.220 e. The summed E-state index contributed by atoms with van der Waals surface area (Å²) in [6.07, 6.45) is 6.47. The smallest absolute Gasteiger partial charge is 0.220 e. The predicted molar refractivity (Wildman–Crippen MR) is 147 cm³/mol. The van der Waals surface area contributed by atoms with E-state index in [0.29, 0.717) is 17.6 Å². The first kappa shape index (κ1) is 27.1. The number of nitrogens with zero attached hydrogens (tertiary/aromatic N) is 1. The Morgan fingerprint density at radius 2 is 1.57 bits per heavy atom. The first-order valence-electron chi connectivity index (χ1n) is 12.2. The summed E-state index contributed by atoms with van der Waals surface area (Å²) in [4.78, 5) is 15.3. The Labute approximate surface area is 228 Å². The van der Waals surface area contributed by atoms with Gasteiger partial charge in [-0.25, -0.2) is 0 Å². The highest BCUT2D eigenvalue weighted by atomic mass is 79.9. The van der Waals surface area contributed by atoms with E-state index in [0.717, 1.165) is 55.2 Å². The number of fused-ring (bicyclic) bond motifs is 2. The third kappa shape index (κ3) is 4.61. The molecule has 2 unspecified atom stereocenters. The monoisotopic (exact) mass is 571 g/mol. The molecule has 37 heavy (non-hydrogen) atoms. The number of benzene rings is 2. The molecule has 198 valence electrons. The van der Waals surface area contributed by atoms with Gasteiger partial charge in [0.1, 0.15) is 0 Å². The van der Waals surface area contributed by atoms with Gasteiger partial charge in [0.15, 0.2) is 28.8 Å². The fourth-order valence-corrected chi connectivity index (χ4v) is 6.02. The zero-order valence-electron chi connectivity index (χ0n) is 22.0. The molecule has 0 radical (unpaired) electrons. The highest BCUT2D eigenvalue weighted by Crippen LogP contribution is 2.53. The summed E-state index contributed by atoms with van der Waals surface area (Å²) >= 11 is 0. The number of likely N-dealkylation sites (tertiary alicyclic amines) is 1. The van der Waals surface area contributed by atoms with Crippen molar-refractivity contribution in [3.63, 3.8) is 0 Å². The van der Waals surface area contributed by atoms with Crippen LogP contribution in [-0.4, -0.2) is 65.4 Å². The van der Waals surface area contributed by atoms with E-state index in [-0.39, 0.29) is 22.8 Å². The van der Waals surface area contributed by atoms with Gasteiger partial charge in [0, 0.05) is 24.5 Å². The van der Waals surface area contributed by atoms with Crippen LogP contribution in [0.3, 0.4) is 0 Å². The van der Waals surface area contributed by atoms with Crippen LogP contribution in [0.2, 0.25) is 0 Å². The number of methoxy groups -OCH3 is 5. The normalized spacial score (nSPS) is 22.0. The van der Waals surface area contributed by atoms with E-state index >= 15 is 0 Å². The molecule has 3 aliphatic rings. The van der Waals surface area contributed by atoms with Crippen LogP contribution < -0.4 is 18.9 Å². The van der Waals surface area contributed by atoms with Crippen LogP contribution in [0.25, 0.3) is 0 Å². The average Bonchev–Trinajstić information content (AvgIpc) is 2.91. The highest BCUT2D eigenvalue weighted by molar-refractivity contribution is 8.93. The lowest BCUT2D eigenvalue weighted by Crippen LogP contribution is -2.55. The molecule has 0 aromatic heterocycles. The fraction of sp³-hybridized carbons (Fsp3) is 0.414. The lowest BCUT2D eigenvalue weighted by Gasteiger charge is -2.52. The van der Waals surface area contributed by atoms with E-state index in [1.807, 2.05) is 18.2 Å². The van der Waals surface area contributed by atoms with Crippen LogP contribution in [0.1, 0.15) is 23.1 Å². The van der Waals surface area contributed by atoms with Crippen LogP contribution in [-0.2, 0) is 27.8 Å². The first-order valence-corrected chi connectivity index (χ1v) is 12.2. The molecule has 2 aromatic carbocycles. The molecular weight excluding hydrogens is 538 g/mol. The summed E-state index contributed by atoms with van der Waals surface area (Å²) in [6, 6.07) is 10.6. The SMILES string of the molecule is Br.COC1=CC23CC(Cc4cc(OC)c(OC)cc42)N(CCc2ccc(OC)c(OC)c2)CC3=CC1=O. The van der Waals surface area contributed by atoms with Crippen molar-refractivity contribution in [2.45, 2.75) is 30.7 Å². The molecule has 1 spiro atoms. The lowest BCUT2D eigenvalue weighted by atomic mass is 9.59. The van der Waals surface area contributed by atoms with E-state index in [9.17, 15) is 4.79 Å². The summed E-state index contributed by atoms with van der Waals surface area (Å²) in [5, 5.41) is 0. The van der Waals surface area contributed by atoms with E-state index in [1.165, 1.54) is 16.7 Å². The number of ketones is 1. The number of halogens is 1. The molecule has 2 bridgehead atoms. The Morgan fingerprint density at radius 1 is 0.892 bits per heavy atom. The van der Waals surface area contributed by atoms with Gasteiger partial charge in [-0.1, -0.05) is 6.07 Å². The second-order valence-electron chi connectivity index (χ2n) is 9.55. The number of ether oxygens (including phenoxy) is 5. The molecule has 0 saturated carbocycles. The highest BCUT2D eigenvalue weighted by Gasteiger charge is 2.50. The Kier molecular flexibility index (Phi) is 7.90. The van der Waals surface area contributed by atoms with Gasteiger partial charge in [-0.05, 0) is 77.9 Å². The van der Waals surface area contributed by atoms with Crippen LogP contribution in [0.15, 0.2) is 53.8 Å². The first-order chi connectivity index (χ1) is 17.5. The standard InChI is InChI=1S/C29H33NO6.BrH/c1-32-24-7-6-18(10-25(24)33-2)8-9-30-17-20-13-23(31)28(36-5)16-29(20)15-21(30)11-19-12-26(34-3)27(35-4)14-22(19)29;/h6-7,10,12-14,16,21H,8-9,11,15,17H2,1-5H3;1H. The van der Waals surface area contributed by atoms with Gasteiger partial charge in [-0.3, -0.25) is 9.69 Å². The largest absolute Gasteiger partial charge is 0.493 e. The van der Waals surface area contributed by atoms with Crippen molar-refractivity contribution >= 4 is 22.8 Å². The molecule has 5 rings (SSSR count). The molecule has 1 aliphatic heterocycles. The topological polar surface area (TPSA) is 66.5 Å². The molecule has 1 fully saturated rings. The molecule has 1 heterocycles. The molecule has 8 heteroatoms. The van der Waals surface area contributed by atoms with E-state index in [1.54, 1.807) is 41.6 Å². The minimum Gasteiger partial charge on any atom is -0.493 e. The van der Waals surface area contributed by atoms with E-state index in [2.05, 4.69) is 23.1 Å². The van der Waals surface area contributed by atoms with Crippen molar-refractivity contribution in [2.24, 2.45) is 0 Å². The van der Waals surface area contributed by atoms with Gasteiger partial charge in [0.25, 0.3) is 0 Å². The van der Waals surface area contributed by atoms with Crippen LogP contribution in [0, 0.1) is 0 Å². The molecule has 0 N–H and O–H groups in total. The fourth-order valence-electron chi connectivity index (χ4n) is 6.02. The van der Waals surface area contributed by atoms with Gasteiger partial charge in [-0.15, -0.1) is 17.0 Å². The zero-order chi connectivity index (χ0) is 25.4. The van der Waals surface area contributed by atoms with Crippen molar-refractivity contribution in [2.75, 3.05) is 48.6 Å². The number of carbonyl (C=O) groups is 1. The Hall–Kier alpha value is -2.97. The Bertz CT molecular complexity index is 1260. The summed E-state index contributed by atoms with van der Waals surface area (Å²) in [6.45, 7) is 1.59. The van der Waals surface area contributed by atoms with Crippen molar-refractivity contribution in [1.82, 2.24) is 4.90 Å². The van der Waals surface area contributed by atoms with Crippen LogP contribution >= 0.6 is 17.0 Å². The van der Waals surface area contributed by atoms with Crippen molar-refractivity contribution in [3.8, 4) is 23.0 Å². The van der Waals surface area contributed by atoms with Gasteiger partial charge in [0.2, 0.25) is 5.78 Å². The Morgan fingerprint density at radius 3 is 2.24 bits per heavy atom. The van der Waals surface area contributed by atoms with Crippen molar-refractivity contribution < 1.29 is 28.5 Å². The Balaban J connectivity index is 0.00000320. The number of piperidine rings is 1. The van der Waals surface area contributed by atoms with Gasteiger partial charge < -0.3 is 23.7 Å². The summed E-state index contributed by atoms with van der Waals surface area (Å²) < 4.78 is 27.6. The molecular formula is C29H34BrNO6. The van der Waals surface area contributed by atoms with Crippen LogP contribution in [0.5, 0.6) is 23.0 Å². The lowest BCUT2D eigenvalue weighted by molar-refractivity contribution is -0.114. The van der Waals surface area contributed by atoms with Gasteiger partial charge >= 0.3 is 0 Å². The molecule has 7 nitrogen and oxygen atoms in total. The molecule has 0 amide bonds. The number of carbonyl (C=O) groups excluding carboxylic acids is 1. The second kappa shape index (κ2) is 10.8. The number of allylic oxidation sites excluding steroid dienone is 2. The van der Waals surface area contributed by atoms with E-state index < -0.39 is 5.41 Å².